The Morgan fingerprint density at radius 2 is 1.96 bits per heavy atom. The number of aryl methyl sites for hydroxylation is 1. The molecule has 0 saturated carbocycles. The minimum absolute atomic E-state index is 0.245. The second-order valence-electron chi connectivity index (χ2n) is 5.47. The Balaban J connectivity index is 1.76. The highest BCUT2D eigenvalue weighted by molar-refractivity contribution is 6.35. The van der Waals surface area contributed by atoms with E-state index in [-0.39, 0.29) is 17.5 Å². The zero-order valence-electron chi connectivity index (χ0n) is 13.8. The summed E-state index contributed by atoms with van der Waals surface area (Å²) in [6.07, 6.45) is 1.67. The van der Waals surface area contributed by atoms with E-state index in [1.54, 1.807) is 37.4 Å². The zero-order chi connectivity index (χ0) is 18.5. The Morgan fingerprint density at radius 3 is 2.73 bits per heavy atom. The number of rotatable bonds is 5. The molecule has 1 amide bonds. The number of nitrogens with zero attached hydrogens (tertiary/aromatic N) is 3. The minimum atomic E-state index is -0.318. The van der Waals surface area contributed by atoms with Crippen LogP contribution in [-0.4, -0.2) is 20.9 Å². The molecule has 1 aromatic carbocycles. The Kier molecular flexibility index (Phi) is 5.65. The first kappa shape index (κ1) is 18.1. The molecule has 6 nitrogen and oxygen atoms in total. The van der Waals surface area contributed by atoms with Crippen molar-refractivity contribution in [3.05, 3.63) is 75.8 Å². The fourth-order valence-corrected chi connectivity index (χ4v) is 2.56. The van der Waals surface area contributed by atoms with Gasteiger partial charge in [0.25, 0.3) is 5.91 Å². The monoisotopic (exact) mass is 387 g/mol. The van der Waals surface area contributed by atoms with Crippen molar-refractivity contribution < 1.29 is 4.79 Å². The molecule has 0 unspecified atom stereocenters. The van der Waals surface area contributed by atoms with Crippen LogP contribution in [0, 0.1) is 6.92 Å². The summed E-state index contributed by atoms with van der Waals surface area (Å²) in [4.78, 5) is 25.1. The fourth-order valence-electron chi connectivity index (χ4n) is 2.22. The van der Waals surface area contributed by atoms with Crippen molar-refractivity contribution in [2.45, 2.75) is 13.5 Å². The second kappa shape index (κ2) is 8.12. The molecule has 0 saturated heterocycles. The summed E-state index contributed by atoms with van der Waals surface area (Å²) < 4.78 is 0. The van der Waals surface area contributed by atoms with Crippen LogP contribution in [0.15, 0.2) is 48.7 Å². The maximum absolute atomic E-state index is 12.4. The molecule has 2 N–H and O–H groups in total. The summed E-state index contributed by atoms with van der Waals surface area (Å²) in [5, 5.41) is 6.78. The molecule has 0 radical (unpaired) electrons. The molecule has 0 spiro atoms. The van der Waals surface area contributed by atoms with Gasteiger partial charge >= 0.3 is 0 Å². The van der Waals surface area contributed by atoms with Crippen LogP contribution in [0.2, 0.25) is 10.0 Å². The number of carbonyl (C=O) groups is 1. The predicted octanol–water partition coefficient (Wildman–Crippen LogP) is 4.16. The average molecular weight is 388 g/mol. The standard InChI is InChI=1S/C18H15Cl2N5O/c1-11-8-16(17(26)22-10-13-4-2-3-7-21-13)25-18(23-11)24-15-9-12(19)5-6-14(15)20/h2-9H,10H2,1H3,(H,22,26)(H,23,24,25). The van der Waals surface area contributed by atoms with E-state index in [1.807, 2.05) is 18.2 Å². The molecule has 3 rings (SSSR count). The lowest BCUT2D eigenvalue weighted by molar-refractivity contribution is 0.0945. The largest absolute Gasteiger partial charge is 0.345 e. The maximum Gasteiger partial charge on any atom is 0.270 e. The van der Waals surface area contributed by atoms with Crippen molar-refractivity contribution in [2.75, 3.05) is 5.32 Å². The van der Waals surface area contributed by atoms with E-state index < -0.39 is 0 Å². The van der Waals surface area contributed by atoms with Crippen molar-refractivity contribution in [2.24, 2.45) is 0 Å². The zero-order valence-corrected chi connectivity index (χ0v) is 15.3. The van der Waals surface area contributed by atoms with E-state index in [0.29, 0.717) is 28.0 Å². The molecular weight excluding hydrogens is 373 g/mol. The first-order valence-corrected chi connectivity index (χ1v) is 8.53. The van der Waals surface area contributed by atoms with Crippen LogP contribution in [0.25, 0.3) is 0 Å². The van der Waals surface area contributed by atoms with Crippen LogP contribution in [0.1, 0.15) is 21.9 Å². The van der Waals surface area contributed by atoms with Crippen molar-refractivity contribution >= 4 is 40.7 Å². The number of halogens is 2. The Hall–Kier alpha value is -2.70. The average Bonchev–Trinajstić information content (AvgIpc) is 2.63. The third-order valence-electron chi connectivity index (χ3n) is 3.42. The van der Waals surface area contributed by atoms with Crippen LogP contribution >= 0.6 is 23.2 Å². The highest BCUT2D eigenvalue weighted by Crippen LogP contribution is 2.27. The van der Waals surface area contributed by atoms with Gasteiger partial charge in [0.05, 0.1) is 22.9 Å². The highest BCUT2D eigenvalue weighted by Gasteiger charge is 2.12. The quantitative estimate of drug-likeness (QED) is 0.686. The molecule has 2 aromatic heterocycles. The van der Waals surface area contributed by atoms with Gasteiger partial charge in [-0.15, -0.1) is 0 Å². The summed E-state index contributed by atoms with van der Waals surface area (Å²) in [6, 6.07) is 12.1. The van der Waals surface area contributed by atoms with E-state index in [2.05, 4.69) is 25.6 Å². The van der Waals surface area contributed by atoms with Crippen LogP contribution in [-0.2, 0) is 6.54 Å². The van der Waals surface area contributed by atoms with E-state index in [9.17, 15) is 4.79 Å². The van der Waals surface area contributed by atoms with Crippen LogP contribution < -0.4 is 10.6 Å². The normalized spacial score (nSPS) is 10.4. The van der Waals surface area contributed by atoms with Gasteiger partial charge in [0.15, 0.2) is 0 Å². The molecule has 3 aromatic rings. The number of amides is 1. The highest BCUT2D eigenvalue weighted by atomic mass is 35.5. The Bertz CT molecular complexity index is 934. The van der Waals surface area contributed by atoms with E-state index in [0.717, 1.165) is 5.69 Å². The molecule has 0 aliphatic rings. The lowest BCUT2D eigenvalue weighted by Crippen LogP contribution is -2.24. The van der Waals surface area contributed by atoms with Gasteiger partial charge in [0.2, 0.25) is 5.95 Å². The van der Waals surface area contributed by atoms with Gasteiger partial charge in [0.1, 0.15) is 5.69 Å². The summed E-state index contributed by atoms with van der Waals surface area (Å²) in [5.41, 5.74) is 2.21. The molecule has 8 heteroatoms. The van der Waals surface area contributed by atoms with Gasteiger partial charge in [-0.25, -0.2) is 9.97 Å². The lowest BCUT2D eigenvalue weighted by Gasteiger charge is -2.10. The van der Waals surface area contributed by atoms with Crippen molar-refractivity contribution in [1.82, 2.24) is 20.3 Å². The third kappa shape index (κ3) is 4.68. The number of carbonyl (C=O) groups excluding carboxylic acids is 1. The van der Waals surface area contributed by atoms with E-state index in [4.69, 9.17) is 23.2 Å². The Morgan fingerprint density at radius 1 is 1.12 bits per heavy atom. The van der Waals surface area contributed by atoms with E-state index in [1.165, 1.54) is 0 Å². The molecule has 132 valence electrons. The summed E-state index contributed by atoms with van der Waals surface area (Å²) in [5.74, 6) is -0.0569. The third-order valence-corrected chi connectivity index (χ3v) is 3.98. The van der Waals surface area contributed by atoms with Crippen molar-refractivity contribution in [3.8, 4) is 0 Å². The number of anilines is 2. The Labute approximate surface area is 160 Å². The first-order valence-electron chi connectivity index (χ1n) is 7.77. The summed E-state index contributed by atoms with van der Waals surface area (Å²) >= 11 is 12.1. The first-order chi connectivity index (χ1) is 12.5. The molecule has 0 aliphatic carbocycles. The number of aromatic nitrogens is 3. The minimum Gasteiger partial charge on any atom is -0.345 e. The number of nitrogens with one attached hydrogen (secondary N) is 2. The number of benzene rings is 1. The smallest absolute Gasteiger partial charge is 0.270 e. The summed E-state index contributed by atoms with van der Waals surface area (Å²) in [7, 11) is 0. The van der Waals surface area contributed by atoms with Gasteiger partial charge in [-0.1, -0.05) is 29.3 Å². The van der Waals surface area contributed by atoms with Crippen LogP contribution in [0.3, 0.4) is 0 Å². The molecule has 26 heavy (non-hydrogen) atoms. The number of hydrogen-bond donors (Lipinski definition) is 2. The van der Waals surface area contributed by atoms with E-state index >= 15 is 0 Å². The van der Waals surface area contributed by atoms with Crippen molar-refractivity contribution in [3.63, 3.8) is 0 Å². The molecule has 0 fully saturated rings. The topological polar surface area (TPSA) is 79.8 Å². The fraction of sp³-hybridized carbons (Fsp3) is 0.111. The summed E-state index contributed by atoms with van der Waals surface area (Å²) in [6.45, 7) is 2.09. The molecule has 2 heterocycles. The van der Waals surface area contributed by atoms with Gasteiger partial charge in [-0.3, -0.25) is 9.78 Å². The van der Waals surface area contributed by atoms with Gasteiger partial charge < -0.3 is 10.6 Å². The maximum atomic E-state index is 12.4. The van der Waals surface area contributed by atoms with Crippen LogP contribution in [0.5, 0.6) is 0 Å². The molecular formula is C18H15Cl2N5O. The second-order valence-corrected chi connectivity index (χ2v) is 6.31. The lowest BCUT2D eigenvalue weighted by atomic mass is 10.3. The van der Waals surface area contributed by atoms with Gasteiger partial charge in [-0.05, 0) is 43.3 Å². The number of hydrogen-bond acceptors (Lipinski definition) is 5. The van der Waals surface area contributed by atoms with Gasteiger partial charge in [-0.2, -0.15) is 0 Å². The predicted molar refractivity (Wildman–Crippen MR) is 102 cm³/mol. The number of pyridine rings is 1. The van der Waals surface area contributed by atoms with Crippen molar-refractivity contribution in [1.29, 1.82) is 0 Å². The molecule has 0 bridgehead atoms. The SMILES string of the molecule is Cc1cc(C(=O)NCc2ccccn2)nc(Nc2cc(Cl)ccc2Cl)n1. The van der Waals surface area contributed by atoms with Gasteiger partial charge in [0, 0.05) is 16.9 Å². The molecule has 0 atom stereocenters. The molecule has 0 aliphatic heterocycles. The van der Waals surface area contributed by atoms with Crippen LogP contribution in [0.4, 0.5) is 11.6 Å².